The van der Waals surface area contributed by atoms with Crippen LogP contribution in [0.4, 0.5) is 0 Å². The zero-order valence-electron chi connectivity index (χ0n) is 10.7. The van der Waals surface area contributed by atoms with Gasteiger partial charge in [-0.25, -0.2) is 0 Å². The van der Waals surface area contributed by atoms with E-state index in [2.05, 4.69) is 4.98 Å². The Morgan fingerprint density at radius 1 is 1.41 bits per heavy atom. The molecule has 2 rings (SSSR count). The largest absolute Gasteiger partial charge is 0.378 e. The number of morpholine rings is 1. The predicted octanol–water partition coefficient (Wildman–Crippen LogP) is 1.59. The molecule has 0 bridgehead atoms. The molecule has 1 aromatic rings. The molecule has 2 heterocycles. The number of ether oxygens (including phenoxy) is 1. The van der Waals surface area contributed by atoms with Gasteiger partial charge in [0.05, 0.1) is 19.1 Å². The number of carbonyl (C=O) groups is 1. The summed E-state index contributed by atoms with van der Waals surface area (Å²) >= 11 is 0. The number of aromatic nitrogens is 1. The van der Waals surface area contributed by atoms with Crippen molar-refractivity contribution in [2.45, 2.75) is 26.7 Å². The molecule has 0 aromatic carbocycles. The van der Waals surface area contributed by atoms with Crippen molar-refractivity contribution in [1.29, 1.82) is 0 Å². The number of nitrogens with one attached hydrogen (secondary N) is 1. The lowest BCUT2D eigenvalue weighted by Gasteiger charge is -2.29. The van der Waals surface area contributed by atoms with Crippen molar-refractivity contribution in [3.8, 4) is 0 Å². The van der Waals surface area contributed by atoms with E-state index in [0.29, 0.717) is 26.3 Å². The van der Waals surface area contributed by atoms with Crippen LogP contribution in [0.1, 0.15) is 29.7 Å². The molecule has 1 N–H and O–H groups in total. The van der Waals surface area contributed by atoms with Gasteiger partial charge in [0, 0.05) is 25.0 Å². The van der Waals surface area contributed by atoms with Crippen LogP contribution in [-0.4, -0.2) is 42.1 Å². The second kappa shape index (κ2) is 4.92. The Kier molecular flexibility index (Phi) is 3.52. The molecule has 0 aliphatic carbocycles. The first kappa shape index (κ1) is 12.2. The molecule has 4 nitrogen and oxygen atoms in total. The fourth-order valence-electron chi connectivity index (χ4n) is 2.52. The molecule has 0 radical (unpaired) electrons. The van der Waals surface area contributed by atoms with Crippen molar-refractivity contribution in [3.05, 3.63) is 23.0 Å². The van der Waals surface area contributed by atoms with Crippen LogP contribution in [0.3, 0.4) is 0 Å². The minimum absolute atomic E-state index is 0.0700. The third kappa shape index (κ3) is 2.36. The Labute approximate surface area is 102 Å². The fraction of sp³-hybridized carbons (Fsp3) is 0.615. The highest BCUT2D eigenvalue weighted by atomic mass is 16.5. The van der Waals surface area contributed by atoms with Crippen molar-refractivity contribution in [3.63, 3.8) is 0 Å². The molecule has 1 unspecified atom stereocenters. The molecule has 0 spiro atoms. The highest BCUT2D eigenvalue weighted by Gasteiger charge is 2.26. The molecule has 1 aromatic heterocycles. The molecule has 0 saturated carbocycles. The summed E-state index contributed by atoms with van der Waals surface area (Å²) in [4.78, 5) is 17.4. The Morgan fingerprint density at radius 3 is 2.59 bits per heavy atom. The van der Waals surface area contributed by atoms with E-state index in [1.54, 1.807) is 0 Å². The van der Waals surface area contributed by atoms with Gasteiger partial charge in [0.15, 0.2) is 0 Å². The lowest BCUT2D eigenvalue weighted by atomic mass is 9.96. The monoisotopic (exact) mass is 236 g/mol. The second-order valence-corrected chi connectivity index (χ2v) is 4.67. The third-order valence-corrected chi connectivity index (χ3v) is 3.46. The quantitative estimate of drug-likeness (QED) is 0.847. The van der Waals surface area contributed by atoms with E-state index in [0.717, 1.165) is 16.8 Å². The Morgan fingerprint density at radius 2 is 2.06 bits per heavy atom. The van der Waals surface area contributed by atoms with E-state index in [1.165, 1.54) is 0 Å². The van der Waals surface area contributed by atoms with Crippen molar-refractivity contribution in [2.75, 3.05) is 26.3 Å². The molecule has 17 heavy (non-hydrogen) atoms. The minimum Gasteiger partial charge on any atom is -0.378 e. The zero-order chi connectivity index (χ0) is 12.4. The zero-order valence-corrected chi connectivity index (χ0v) is 10.7. The molecule has 4 heteroatoms. The van der Waals surface area contributed by atoms with Crippen molar-refractivity contribution in [1.82, 2.24) is 9.88 Å². The molecule has 1 amide bonds. The molecule has 1 atom stereocenters. The minimum atomic E-state index is -0.0700. The normalized spacial score (nSPS) is 18.2. The number of hydrogen-bond acceptors (Lipinski definition) is 2. The summed E-state index contributed by atoms with van der Waals surface area (Å²) in [5.74, 6) is 0.137. The number of rotatable bonds is 2. The summed E-state index contributed by atoms with van der Waals surface area (Å²) in [5.41, 5.74) is 3.40. The molecule has 1 aliphatic rings. The number of H-pyrrole nitrogens is 1. The first-order valence-corrected chi connectivity index (χ1v) is 6.12. The SMILES string of the molecule is Cc1c[nH]c(C)c1C(C)C(=O)N1CCOCC1. The van der Waals surface area contributed by atoms with Crippen LogP contribution in [0.25, 0.3) is 0 Å². The number of nitrogens with zero attached hydrogens (tertiary/aromatic N) is 1. The Bertz CT molecular complexity index is 386. The van der Waals surface area contributed by atoms with Gasteiger partial charge in [-0.15, -0.1) is 0 Å². The van der Waals surface area contributed by atoms with E-state index in [1.807, 2.05) is 31.9 Å². The number of aromatic amines is 1. The molecule has 1 saturated heterocycles. The number of amides is 1. The van der Waals surface area contributed by atoms with Gasteiger partial charge in [-0.3, -0.25) is 4.79 Å². The van der Waals surface area contributed by atoms with Crippen LogP contribution in [0.2, 0.25) is 0 Å². The summed E-state index contributed by atoms with van der Waals surface area (Å²) in [7, 11) is 0. The lowest BCUT2D eigenvalue weighted by Crippen LogP contribution is -2.42. The van der Waals surface area contributed by atoms with Gasteiger partial charge in [-0.1, -0.05) is 0 Å². The molecule has 94 valence electrons. The van der Waals surface area contributed by atoms with Gasteiger partial charge in [-0.05, 0) is 31.9 Å². The summed E-state index contributed by atoms with van der Waals surface area (Å²) < 4.78 is 5.27. The first-order chi connectivity index (χ1) is 8.11. The summed E-state index contributed by atoms with van der Waals surface area (Å²) in [5, 5.41) is 0. The summed E-state index contributed by atoms with van der Waals surface area (Å²) in [6, 6.07) is 0. The van der Waals surface area contributed by atoms with Crippen molar-refractivity contribution in [2.24, 2.45) is 0 Å². The maximum absolute atomic E-state index is 12.4. The van der Waals surface area contributed by atoms with Gasteiger partial charge in [0.25, 0.3) is 0 Å². The average molecular weight is 236 g/mol. The van der Waals surface area contributed by atoms with Gasteiger partial charge >= 0.3 is 0 Å². The van der Waals surface area contributed by atoms with Gasteiger partial charge < -0.3 is 14.6 Å². The summed E-state index contributed by atoms with van der Waals surface area (Å²) in [6.07, 6.45) is 1.97. The third-order valence-electron chi connectivity index (χ3n) is 3.46. The molecule has 1 fully saturated rings. The van der Waals surface area contributed by atoms with E-state index >= 15 is 0 Å². The van der Waals surface area contributed by atoms with Gasteiger partial charge in [0.2, 0.25) is 5.91 Å². The lowest BCUT2D eigenvalue weighted by molar-refractivity contribution is -0.136. The van der Waals surface area contributed by atoms with Crippen LogP contribution in [0.5, 0.6) is 0 Å². The number of aryl methyl sites for hydroxylation is 2. The maximum Gasteiger partial charge on any atom is 0.230 e. The van der Waals surface area contributed by atoms with Crippen LogP contribution >= 0.6 is 0 Å². The Hall–Kier alpha value is -1.29. The van der Waals surface area contributed by atoms with Gasteiger partial charge in [-0.2, -0.15) is 0 Å². The Balaban J connectivity index is 2.14. The second-order valence-electron chi connectivity index (χ2n) is 4.67. The highest BCUT2D eigenvalue weighted by molar-refractivity contribution is 5.84. The molecule has 1 aliphatic heterocycles. The van der Waals surface area contributed by atoms with Crippen LogP contribution in [-0.2, 0) is 9.53 Å². The maximum atomic E-state index is 12.4. The van der Waals surface area contributed by atoms with E-state index < -0.39 is 0 Å². The van der Waals surface area contributed by atoms with Gasteiger partial charge in [0.1, 0.15) is 0 Å². The predicted molar refractivity (Wildman–Crippen MR) is 66.1 cm³/mol. The fourth-order valence-corrected chi connectivity index (χ4v) is 2.52. The smallest absolute Gasteiger partial charge is 0.230 e. The van der Waals surface area contributed by atoms with Crippen LogP contribution < -0.4 is 0 Å². The van der Waals surface area contributed by atoms with E-state index in [4.69, 9.17) is 4.74 Å². The molecular formula is C13H20N2O2. The van der Waals surface area contributed by atoms with E-state index in [9.17, 15) is 4.79 Å². The highest BCUT2D eigenvalue weighted by Crippen LogP contribution is 2.25. The molecular weight excluding hydrogens is 216 g/mol. The average Bonchev–Trinajstić information content (AvgIpc) is 2.68. The standard InChI is InChI=1S/C13H20N2O2/c1-9-8-14-11(3)12(9)10(2)13(16)15-4-6-17-7-5-15/h8,10,14H,4-7H2,1-3H3. The number of carbonyl (C=O) groups excluding carboxylic acids is 1. The first-order valence-electron chi connectivity index (χ1n) is 6.12. The van der Waals surface area contributed by atoms with E-state index in [-0.39, 0.29) is 11.8 Å². The van der Waals surface area contributed by atoms with Crippen molar-refractivity contribution >= 4 is 5.91 Å². The number of hydrogen-bond donors (Lipinski definition) is 1. The van der Waals surface area contributed by atoms with Crippen LogP contribution in [0, 0.1) is 13.8 Å². The van der Waals surface area contributed by atoms with Crippen molar-refractivity contribution < 1.29 is 9.53 Å². The summed E-state index contributed by atoms with van der Waals surface area (Å²) in [6.45, 7) is 8.79. The van der Waals surface area contributed by atoms with Crippen LogP contribution in [0.15, 0.2) is 6.20 Å². The topological polar surface area (TPSA) is 45.3 Å².